The zero-order valence-electron chi connectivity index (χ0n) is 12.6. The molecule has 0 saturated heterocycles. The molecule has 0 bridgehead atoms. The van der Waals surface area contributed by atoms with Crippen LogP contribution in [0.5, 0.6) is 5.75 Å². The third-order valence-electron chi connectivity index (χ3n) is 3.24. The summed E-state index contributed by atoms with van der Waals surface area (Å²) < 4.78 is 5.47. The van der Waals surface area contributed by atoms with Crippen LogP contribution in [0.15, 0.2) is 18.2 Å². The molecule has 1 aromatic rings. The van der Waals surface area contributed by atoms with Gasteiger partial charge in [-0.1, -0.05) is 13.8 Å². The van der Waals surface area contributed by atoms with Gasteiger partial charge in [0.2, 0.25) is 0 Å². The number of carbonyl (C=O) groups excluding carboxylic acids is 1. The lowest BCUT2D eigenvalue weighted by Crippen LogP contribution is -2.42. The zero-order chi connectivity index (χ0) is 16.0. The third-order valence-corrected chi connectivity index (χ3v) is 3.24. The van der Waals surface area contributed by atoms with Gasteiger partial charge in [0, 0.05) is 11.7 Å². The Hall–Kier alpha value is -2.24. The van der Waals surface area contributed by atoms with Gasteiger partial charge in [0.05, 0.1) is 0 Å². The highest BCUT2D eigenvalue weighted by Gasteiger charge is 2.20. The van der Waals surface area contributed by atoms with Crippen LogP contribution in [0.2, 0.25) is 0 Å². The molecule has 1 rings (SSSR count). The van der Waals surface area contributed by atoms with Gasteiger partial charge in [0.1, 0.15) is 11.3 Å². The van der Waals surface area contributed by atoms with Crippen LogP contribution in [0.4, 0.5) is 5.69 Å². The van der Waals surface area contributed by atoms with Crippen LogP contribution in [0, 0.1) is 0 Å². The molecule has 0 radical (unpaired) electrons. The van der Waals surface area contributed by atoms with Gasteiger partial charge in [-0.25, -0.2) is 4.79 Å². The number of aromatic carboxylic acids is 1. The summed E-state index contributed by atoms with van der Waals surface area (Å²) in [6.45, 7) is 5.56. The Morgan fingerprint density at radius 3 is 2.48 bits per heavy atom. The maximum atomic E-state index is 12.0. The summed E-state index contributed by atoms with van der Waals surface area (Å²) >= 11 is 0. The van der Waals surface area contributed by atoms with Crippen molar-refractivity contribution < 1.29 is 19.4 Å². The van der Waals surface area contributed by atoms with E-state index in [1.54, 1.807) is 6.92 Å². The third kappa shape index (κ3) is 4.66. The van der Waals surface area contributed by atoms with Crippen molar-refractivity contribution in [1.82, 2.24) is 5.32 Å². The number of carboxylic acids is 1. The summed E-state index contributed by atoms with van der Waals surface area (Å²) in [5, 5.41) is 12.0. The highest BCUT2D eigenvalue weighted by Crippen LogP contribution is 2.22. The van der Waals surface area contributed by atoms with Gasteiger partial charge in [-0.2, -0.15) is 0 Å². The molecule has 1 atom stereocenters. The maximum absolute atomic E-state index is 12.0. The fraction of sp³-hybridized carbons (Fsp3) is 0.467. The van der Waals surface area contributed by atoms with Crippen LogP contribution in [0.1, 0.15) is 44.0 Å². The second kappa shape index (κ2) is 7.52. The molecule has 4 N–H and O–H groups in total. The number of amides is 1. The molecule has 0 aliphatic carbocycles. The lowest BCUT2D eigenvalue weighted by molar-refractivity contribution is -0.128. The summed E-state index contributed by atoms with van der Waals surface area (Å²) in [6.07, 6.45) is 0.876. The molecule has 0 fully saturated rings. The molecule has 0 heterocycles. The predicted octanol–water partition coefficient (Wildman–Crippen LogP) is 2.04. The number of nitrogens with two attached hydrogens (primary N) is 1. The molecule has 0 spiro atoms. The molecular weight excluding hydrogens is 272 g/mol. The van der Waals surface area contributed by atoms with E-state index in [9.17, 15) is 9.59 Å². The molecule has 0 aliphatic rings. The van der Waals surface area contributed by atoms with Crippen molar-refractivity contribution in [1.29, 1.82) is 0 Å². The van der Waals surface area contributed by atoms with E-state index in [-0.39, 0.29) is 23.3 Å². The Labute approximate surface area is 124 Å². The highest BCUT2D eigenvalue weighted by atomic mass is 16.5. The number of ether oxygens (including phenoxy) is 1. The fourth-order valence-corrected chi connectivity index (χ4v) is 1.87. The first kappa shape index (κ1) is 16.8. The van der Waals surface area contributed by atoms with E-state index in [1.807, 2.05) is 13.8 Å². The maximum Gasteiger partial charge on any atom is 0.339 e. The first-order valence-corrected chi connectivity index (χ1v) is 6.98. The minimum Gasteiger partial charge on any atom is -0.480 e. The van der Waals surface area contributed by atoms with Crippen molar-refractivity contribution in [2.45, 2.75) is 45.8 Å². The quantitative estimate of drug-likeness (QED) is 0.668. The van der Waals surface area contributed by atoms with Crippen LogP contribution in [-0.2, 0) is 4.79 Å². The number of benzene rings is 1. The minimum atomic E-state index is -1.15. The normalized spacial score (nSPS) is 12.0. The predicted molar refractivity (Wildman–Crippen MR) is 80.4 cm³/mol. The monoisotopic (exact) mass is 294 g/mol. The molecule has 6 heteroatoms. The van der Waals surface area contributed by atoms with Gasteiger partial charge >= 0.3 is 5.97 Å². The number of nitrogens with one attached hydrogen (secondary N) is 1. The standard InChI is InChI=1S/C15H22N2O4/c1-4-11(5-2)17-14(18)9(3)21-13-7-6-10(16)8-12(13)15(19)20/h6-9,11H,4-5,16H2,1-3H3,(H,17,18)(H,19,20). The highest BCUT2D eigenvalue weighted by molar-refractivity contribution is 5.92. The fourth-order valence-electron chi connectivity index (χ4n) is 1.87. The van der Waals surface area contributed by atoms with Gasteiger partial charge in [0.25, 0.3) is 5.91 Å². The van der Waals surface area contributed by atoms with Crippen LogP contribution in [-0.4, -0.2) is 29.1 Å². The molecule has 0 aliphatic heterocycles. The van der Waals surface area contributed by atoms with Gasteiger partial charge in [0.15, 0.2) is 6.10 Å². The second-order valence-corrected chi connectivity index (χ2v) is 4.84. The molecule has 1 unspecified atom stereocenters. The van der Waals surface area contributed by atoms with Crippen molar-refractivity contribution in [3.63, 3.8) is 0 Å². The summed E-state index contributed by atoms with van der Waals surface area (Å²) in [5.41, 5.74) is 5.83. The number of carbonyl (C=O) groups is 2. The zero-order valence-corrected chi connectivity index (χ0v) is 12.6. The first-order chi connectivity index (χ1) is 9.88. The van der Waals surface area contributed by atoms with Crippen LogP contribution in [0.25, 0.3) is 0 Å². The Bertz CT molecular complexity index is 512. The van der Waals surface area contributed by atoms with E-state index in [4.69, 9.17) is 15.6 Å². The molecule has 6 nitrogen and oxygen atoms in total. The van der Waals surface area contributed by atoms with Gasteiger partial charge in [-0.15, -0.1) is 0 Å². The topological polar surface area (TPSA) is 102 Å². The van der Waals surface area contributed by atoms with Crippen molar-refractivity contribution in [3.05, 3.63) is 23.8 Å². The Balaban J connectivity index is 2.81. The van der Waals surface area contributed by atoms with Crippen LogP contribution in [0.3, 0.4) is 0 Å². The minimum absolute atomic E-state index is 0.0582. The van der Waals surface area contributed by atoms with E-state index in [0.717, 1.165) is 12.8 Å². The summed E-state index contributed by atoms with van der Waals surface area (Å²) in [4.78, 5) is 23.2. The van der Waals surface area contributed by atoms with Gasteiger partial charge in [-0.05, 0) is 38.0 Å². The van der Waals surface area contributed by atoms with Gasteiger partial charge < -0.3 is 20.9 Å². The number of carboxylic acid groups (broad SMARTS) is 1. The average Bonchev–Trinajstić information content (AvgIpc) is 2.45. The van der Waals surface area contributed by atoms with E-state index in [0.29, 0.717) is 5.69 Å². The largest absolute Gasteiger partial charge is 0.480 e. The molecule has 0 aromatic heterocycles. The van der Waals surface area contributed by atoms with E-state index in [2.05, 4.69) is 5.32 Å². The lowest BCUT2D eigenvalue weighted by atomic mass is 10.1. The molecule has 21 heavy (non-hydrogen) atoms. The SMILES string of the molecule is CCC(CC)NC(=O)C(C)Oc1ccc(N)cc1C(=O)O. The second-order valence-electron chi connectivity index (χ2n) is 4.84. The first-order valence-electron chi connectivity index (χ1n) is 6.98. The van der Waals surface area contributed by atoms with Crippen molar-refractivity contribution in [3.8, 4) is 5.75 Å². The van der Waals surface area contributed by atoms with E-state index < -0.39 is 12.1 Å². The number of anilines is 1. The Morgan fingerprint density at radius 1 is 1.33 bits per heavy atom. The lowest BCUT2D eigenvalue weighted by Gasteiger charge is -2.20. The number of hydrogen-bond donors (Lipinski definition) is 3. The van der Waals surface area contributed by atoms with Gasteiger partial charge in [-0.3, -0.25) is 4.79 Å². The summed E-state index contributed by atoms with van der Waals surface area (Å²) in [6, 6.07) is 4.39. The number of hydrogen-bond acceptors (Lipinski definition) is 4. The Kier molecular flexibility index (Phi) is 6.02. The average molecular weight is 294 g/mol. The summed E-state index contributed by atoms with van der Waals surface area (Å²) in [7, 11) is 0. The smallest absolute Gasteiger partial charge is 0.339 e. The Morgan fingerprint density at radius 2 is 1.95 bits per heavy atom. The van der Waals surface area contributed by atoms with Crippen LogP contribution < -0.4 is 15.8 Å². The number of rotatable bonds is 7. The van der Waals surface area contributed by atoms with Crippen molar-refractivity contribution in [2.24, 2.45) is 0 Å². The van der Waals surface area contributed by atoms with Crippen LogP contribution >= 0.6 is 0 Å². The number of nitrogen functional groups attached to an aromatic ring is 1. The van der Waals surface area contributed by atoms with Crippen molar-refractivity contribution in [2.75, 3.05) is 5.73 Å². The van der Waals surface area contributed by atoms with E-state index in [1.165, 1.54) is 18.2 Å². The molecule has 1 amide bonds. The molecule has 0 saturated carbocycles. The molecular formula is C15H22N2O4. The van der Waals surface area contributed by atoms with E-state index >= 15 is 0 Å². The molecule has 116 valence electrons. The summed E-state index contributed by atoms with van der Waals surface area (Å²) in [5.74, 6) is -1.29. The van der Waals surface area contributed by atoms with Crippen molar-refractivity contribution >= 4 is 17.6 Å². The molecule has 1 aromatic carbocycles.